The molecule has 0 saturated carbocycles. The van der Waals surface area contributed by atoms with Gasteiger partial charge in [-0.15, -0.1) is 0 Å². The maximum atomic E-state index is 5.31. The summed E-state index contributed by atoms with van der Waals surface area (Å²) in [5, 5.41) is 7.58. The number of hydrogen-bond acceptors (Lipinski definition) is 5. The summed E-state index contributed by atoms with van der Waals surface area (Å²) in [5.74, 6) is 1.64. The number of fused-ring (bicyclic) bond motifs is 1. The second kappa shape index (κ2) is 3.90. The molecule has 0 amide bonds. The molecular weight excluding hydrogens is 230 g/mol. The Morgan fingerprint density at radius 1 is 1.13 bits per heavy atom. The zero-order valence-electron chi connectivity index (χ0n) is 7.80. The van der Waals surface area contributed by atoms with Gasteiger partial charge in [0.15, 0.2) is 11.5 Å². The van der Waals surface area contributed by atoms with Crippen molar-refractivity contribution >= 4 is 29.2 Å². The number of thioether (sulfide) groups is 2. The van der Waals surface area contributed by atoms with E-state index in [1.165, 1.54) is 0 Å². The van der Waals surface area contributed by atoms with Gasteiger partial charge in [-0.2, -0.15) is 0 Å². The lowest BCUT2D eigenvalue weighted by Crippen LogP contribution is -2.07. The van der Waals surface area contributed by atoms with Crippen LogP contribution in [0.1, 0.15) is 0 Å². The van der Waals surface area contributed by atoms with Crippen LogP contribution in [0.15, 0.2) is 29.0 Å². The highest BCUT2D eigenvalue weighted by Gasteiger charge is 2.15. The summed E-state index contributed by atoms with van der Waals surface area (Å²) < 4.78 is 10.9. The summed E-state index contributed by atoms with van der Waals surface area (Å²) in [6.45, 7) is 0.327. The zero-order chi connectivity index (χ0) is 10.1. The van der Waals surface area contributed by atoms with Crippen molar-refractivity contribution in [1.82, 2.24) is 0 Å². The maximum absolute atomic E-state index is 5.31. The van der Waals surface area contributed by atoms with Crippen molar-refractivity contribution < 1.29 is 9.47 Å². The van der Waals surface area contributed by atoms with Crippen LogP contribution in [-0.2, 0) is 0 Å². The minimum absolute atomic E-state index is 0.327. The predicted octanol–water partition coefficient (Wildman–Crippen LogP) is 3.06. The quantitative estimate of drug-likeness (QED) is 0.857. The van der Waals surface area contributed by atoms with Crippen molar-refractivity contribution in [3.63, 3.8) is 0 Å². The van der Waals surface area contributed by atoms with Crippen molar-refractivity contribution in [3.8, 4) is 11.5 Å². The monoisotopic (exact) mass is 239 g/mol. The predicted molar refractivity (Wildman–Crippen MR) is 64.3 cm³/mol. The number of rotatable bonds is 2. The van der Waals surface area contributed by atoms with Gasteiger partial charge in [0.05, 0.1) is 0 Å². The molecular formula is C10H9NO2S2. The Kier molecular flexibility index (Phi) is 2.42. The van der Waals surface area contributed by atoms with Gasteiger partial charge in [0.25, 0.3) is 0 Å². The Hall–Kier alpha value is -0.940. The Labute approximate surface area is 96.2 Å². The van der Waals surface area contributed by atoms with E-state index in [9.17, 15) is 0 Å². The second-order valence-corrected chi connectivity index (χ2v) is 5.42. The van der Waals surface area contributed by atoms with E-state index in [4.69, 9.17) is 9.47 Å². The molecule has 5 heteroatoms. The summed E-state index contributed by atoms with van der Waals surface area (Å²) in [7, 11) is 0. The van der Waals surface area contributed by atoms with E-state index < -0.39 is 0 Å². The van der Waals surface area contributed by atoms with Gasteiger partial charge in [0, 0.05) is 11.8 Å². The molecule has 0 aliphatic carbocycles. The number of anilines is 1. The molecule has 0 unspecified atom stereocenters. The standard InChI is InChI=1S/C10H9NO2S2/c1-2-8-9(13-6-12-8)5-7(1)11-10-14-3-4-15-10/h1-5,10-11H,6H2. The van der Waals surface area contributed by atoms with E-state index in [0.29, 0.717) is 11.5 Å². The van der Waals surface area contributed by atoms with Crippen LogP contribution in [0.5, 0.6) is 11.5 Å². The lowest BCUT2D eigenvalue weighted by atomic mass is 10.3. The summed E-state index contributed by atoms with van der Waals surface area (Å²) >= 11 is 3.54. The lowest BCUT2D eigenvalue weighted by molar-refractivity contribution is 0.174. The highest BCUT2D eigenvalue weighted by Crippen LogP contribution is 2.37. The zero-order valence-corrected chi connectivity index (χ0v) is 9.44. The first-order valence-corrected chi connectivity index (χ1v) is 6.42. The Morgan fingerprint density at radius 3 is 2.80 bits per heavy atom. The van der Waals surface area contributed by atoms with Crippen molar-refractivity contribution in [3.05, 3.63) is 29.0 Å². The largest absolute Gasteiger partial charge is 0.454 e. The van der Waals surface area contributed by atoms with E-state index >= 15 is 0 Å². The number of ether oxygens (including phenoxy) is 2. The first-order valence-electron chi connectivity index (χ1n) is 4.54. The summed E-state index contributed by atoms with van der Waals surface area (Å²) in [4.78, 5) is 0. The first-order chi connectivity index (χ1) is 7.42. The maximum Gasteiger partial charge on any atom is 0.231 e. The van der Waals surface area contributed by atoms with Gasteiger partial charge in [-0.25, -0.2) is 0 Å². The van der Waals surface area contributed by atoms with E-state index in [0.717, 1.165) is 17.2 Å². The van der Waals surface area contributed by atoms with Gasteiger partial charge in [0.1, 0.15) is 4.71 Å². The Bertz CT molecular complexity index is 400. The molecule has 2 aliphatic heterocycles. The number of hydrogen-bond donors (Lipinski definition) is 1. The molecule has 0 aromatic heterocycles. The first kappa shape index (κ1) is 9.30. The third-order valence-electron chi connectivity index (χ3n) is 2.12. The highest BCUT2D eigenvalue weighted by molar-refractivity contribution is 8.22. The normalized spacial score (nSPS) is 18.4. The van der Waals surface area contributed by atoms with Crippen molar-refractivity contribution in [2.75, 3.05) is 12.1 Å². The molecule has 0 radical (unpaired) electrons. The topological polar surface area (TPSA) is 30.5 Å². The number of benzene rings is 1. The van der Waals surface area contributed by atoms with E-state index in [1.54, 1.807) is 23.5 Å². The molecule has 78 valence electrons. The van der Waals surface area contributed by atoms with Gasteiger partial charge in [-0.05, 0) is 22.9 Å². The lowest BCUT2D eigenvalue weighted by Gasteiger charge is -2.12. The third kappa shape index (κ3) is 1.89. The van der Waals surface area contributed by atoms with E-state index in [1.807, 2.05) is 18.2 Å². The molecule has 0 spiro atoms. The minimum atomic E-state index is 0.327. The average molecular weight is 239 g/mol. The molecule has 0 atom stereocenters. The van der Waals surface area contributed by atoms with Crippen molar-refractivity contribution in [1.29, 1.82) is 0 Å². The summed E-state index contributed by atoms with van der Waals surface area (Å²) in [6, 6.07) is 5.91. The summed E-state index contributed by atoms with van der Waals surface area (Å²) in [6.07, 6.45) is 0. The van der Waals surface area contributed by atoms with E-state index in [2.05, 4.69) is 16.1 Å². The molecule has 1 N–H and O–H groups in total. The fourth-order valence-corrected chi connectivity index (χ4v) is 3.28. The molecule has 2 heterocycles. The van der Waals surface area contributed by atoms with Crippen LogP contribution < -0.4 is 14.8 Å². The van der Waals surface area contributed by atoms with Crippen molar-refractivity contribution in [2.24, 2.45) is 0 Å². The Balaban J connectivity index is 1.75. The highest BCUT2D eigenvalue weighted by atomic mass is 32.2. The van der Waals surface area contributed by atoms with Gasteiger partial charge in [0.2, 0.25) is 6.79 Å². The molecule has 2 aliphatic rings. The fraction of sp³-hybridized carbons (Fsp3) is 0.200. The van der Waals surface area contributed by atoms with Crippen LogP contribution in [0, 0.1) is 0 Å². The molecule has 0 saturated heterocycles. The third-order valence-corrected chi connectivity index (χ3v) is 4.27. The SMILES string of the molecule is C1=CSC(Nc2ccc3c(c2)OCO3)S1. The average Bonchev–Trinajstić information content (AvgIpc) is 2.87. The van der Waals surface area contributed by atoms with Crippen LogP contribution in [0.4, 0.5) is 5.69 Å². The molecule has 3 rings (SSSR count). The summed E-state index contributed by atoms with van der Waals surface area (Å²) in [5.41, 5.74) is 1.06. The molecule has 1 aromatic carbocycles. The Morgan fingerprint density at radius 2 is 1.93 bits per heavy atom. The smallest absolute Gasteiger partial charge is 0.231 e. The minimum Gasteiger partial charge on any atom is -0.454 e. The van der Waals surface area contributed by atoms with Crippen LogP contribution in [0.2, 0.25) is 0 Å². The number of nitrogens with one attached hydrogen (secondary N) is 1. The second-order valence-electron chi connectivity index (χ2n) is 3.09. The molecule has 15 heavy (non-hydrogen) atoms. The molecule has 0 fully saturated rings. The van der Waals surface area contributed by atoms with Gasteiger partial charge < -0.3 is 14.8 Å². The molecule has 0 bridgehead atoms. The van der Waals surface area contributed by atoms with Crippen LogP contribution >= 0.6 is 23.5 Å². The van der Waals surface area contributed by atoms with E-state index in [-0.39, 0.29) is 0 Å². The van der Waals surface area contributed by atoms with Crippen molar-refractivity contribution in [2.45, 2.75) is 4.71 Å². The molecule has 3 nitrogen and oxygen atoms in total. The molecule has 1 aromatic rings. The van der Waals surface area contributed by atoms with Gasteiger partial charge in [-0.3, -0.25) is 0 Å². The van der Waals surface area contributed by atoms with Gasteiger partial charge in [-0.1, -0.05) is 23.5 Å². The van der Waals surface area contributed by atoms with Crippen LogP contribution in [0.25, 0.3) is 0 Å². The van der Waals surface area contributed by atoms with Crippen LogP contribution in [0.3, 0.4) is 0 Å². The fourth-order valence-electron chi connectivity index (χ4n) is 1.43. The van der Waals surface area contributed by atoms with Crippen LogP contribution in [-0.4, -0.2) is 11.5 Å². The van der Waals surface area contributed by atoms with Gasteiger partial charge >= 0.3 is 0 Å².